The van der Waals surface area contributed by atoms with Gasteiger partial charge in [-0.15, -0.1) is 0 Å². The normalized spacial score (nSPS) is 16.7. The van der Waals surface area contributed by atoms with Crippen LogP contribution in [0.15, 0.2) is 70.0 Å². The van der Waals surface area contributed by atoms with Gasteiger partial charge in [0.15, 0.2) is 5.17 Å². The topological polar surface area (TPSA) is 102 Å². The number of aromatic nitrogens is 1. The second kappa shape index (κ2) is 11.3. The molecular weight excluding hydrogens is 480 g/mol. The summed E-state index contributed by atoms with van der Waals surface area (Å²) in [7, 11) is 4.50. The van der Waals surface area contributed by atoms with Crippen molar-refractivity contribution in [2.24, 2.45) is 4.99 Å². The Morgan fingerprint density at radius 3 is 2.64 bits per heavy atom. The number of rotatable bonds is 9. The highest BCUT2D eigenvalue weighted by molar-refractivity contribution is 8.16. The molecule has 9 nitrogen and oxygen atoms in total. The van der Waals surface area contributed by atoms with Gasteiger partial charge in [-0.1, -0.05) is 24.8 Å². The fraction of sp³-hybridized carbons (Fsp3) is 0.308. The first-order chi connectivity index (χ1) is 17.5. The summed E-state index contributed by atoms with van der Waals surface area (Å²) in [6.07, 6.45) is 2.33. The van der Waals surface area contributed by atoms with Crippen LogP contribution < -0.4 is 14.8 Å². The van der Waals surface area contributed by atoms with Gasteiger partial charge in [0.2, 0.25) is 5.91 Å². The Hall–Kier alpha value is -3.79. The van der Waals surface area contributed by atoms with Crippen LogP contribution in [-0.2, 0) is 20.9 Å². The minimum atomic E-state index is -0.592. The third-order valence-electron chi connectivity index (χ3n) is 5.90. The van der Waals surface area contributed by atoms with Crippen LogP contribution in [0, 0.1) is 0 Å². The van der Waals surface area contributed by atoms with Crippen LogP contribution in [0.25, 0.3) is 0 Å². The van der Waals surface area contributed by atoms with Gasteiger partial charge in [-0.3, -0.25) is 9.78 Å². The van der Waals surface area contributed by atoms with E-state index in [1.807, 2.05) is 47.6 Å². The number of nitrogens with one attached hydrogen (secondary N) is 1. The van der Waals surface area contributed by atoms with Gasteiger partial charge in [-0.25, -0.2) is 9.79 Å². The SMILES string of the molecule is CCC1=C(C(=O)OC)[C@@H](c2ccc(OC)cc2OC)N2C(CC(=O)NCc3ccccn3)=CSC2=N1. The summed E-state index contributed by atoms with van der Waals surface area (Å²) in [4.78, 5) is 36.9. The van der Waals surface area contributed by atoms with Crippen molar-refractivity contribution in [3.05, 3.63) is 76.2 Å². The molecule has 1 N–H and O–H groups in total. The number of methoxy groups -OCH3 is 3. The molecule has 0 aliphatic carbocycles. The fourth-order valence-corrected chi connectivity index (χ4v) is 5.11. The fourth-order valence-electron chi connectivity index (χ4n) is 4.17. The molecule has 0 saturated heterocycles. The van der Waals surface area contributed by atoms with Gasteiger partial charge in [0, 0.05) is 23.5 Å². The van der Waals surface area contributed by atoms with E-state index in [9.17, 15) is 9.59 Å². The highest BCUT2D eigenvalue weighted by Crippen LogP contribution is 2.48. The predicted molar refractivity (Wildman–Crippen MR) is 137 cm³/mol. The average molecular weight is 509 g/mol. The van der Waals surface area contributed by atoms with Crippen LogP contribution >= 0.6 is 11.8 Å². The smallest absolute Gasteiger partial charge is 0.338 e. The molecule has 0 bridgehead atoms. The molecule has 10 heteroatoms. The van der Waals surface area contributed by atoms with Crippen LogP contribution in [0.3, 0.4) is 0 Å². The van der Waals surface area contributed by atoms with Gasteiger partial charge in [0.25, 0.3) is 0 Å². The Labute approximate surface area is 214 Å². The number of hydrogen-bond donors (Lipinski definition) is 1. The van der Waals surface area contributed by atoms with E-state index in [0.29, 0.717) is 40.9 Å². The minimum absolute atomic E-state index is 0.101. The summed E-state index contributed by atoms with van der Waals surface area (Å²) < 4.78 is 16.2. The Morgan fingerprint density at radius 2 is 1.97 bits per heavy atom. The molecular formula is C26H28N4O5S. The maximum absolute atomic E-state index is 13.1. The van der Waals surface area contributed by atoms with Crippen molar-refractivity contribution in [1.82, 2.24) is 15.2 Å². The molecule has 0 unspecified atom stereocenters. The lowest BCUT2D eigenvalue weighted by molar-refractivity contribution is -0.136. The number of fused-ring (bicyclic) bond motifs is 1. The first-order valence-electron chi connectivity index (χ1n) is 11.4. The first-order valence-corrected chi connectivity index (χ1v) is 12.3. The third kappa shape index (κ3) is 5.08. The van der Waals surface area contributed by atoms with E-state index in [-0.39, 0.29) is 12.3 Å². The van der Waals surface area contributed by atoms with Gasteiger partial charge in [0.05, 0.1) is 57.3 Å². The van der Waals surface area contributed by atoms with Crippen LogP contribution in [0.1, 0.15) is 37.1 Å². The van der Waals surface area contributed by atoms with Crippen molar-refractivity contribution < 1.29 is 23.8 Å². The van der Waals surface area contributed by atoms with Crippen LogP contribution in [0.4, 0.5) is 0 Å². The summed E-state index contributed by atoms with van der Waals surface area (Å²) in [5.41, 5.74) is 3.27. The number of amidine groups is 1. The number of amides is 1. The van der Waals surface area contributed by atoms with Gasteiger partial charge in [0.1, 0.15) is 11.5 Å². The maximum atomic E-state index is 13.1. The van der Waals surface area contributed by atoms with E-state index in [2.05, 4.69) is 10.3 Å². The molecule has 1 amide bonds. The molecule has 1 aromatic carbocycles. The third-order valence-corrected chi connectivity index (χ3v) is 6.79. The Morgan fingerprint density at radius 1 is 1.14 bits per heavy atom. The van der Waals surface area contributed by atoms with Crippen LogP contribution in [0.5, 0.6) is 11.5 Å². The van der Waals surface area contributed by atoms with E-state index in [0.717, 1.165) is 17.0 Å². The number of allylic oxidation sites excluding steroid dienone is 1. The number of benzene rings is 1. The second-order valence-corrected chi connectivity index (χ2v) is 8.82. The molecule has 1 aromatic heterocycles. The summed E-state index contributed by atoms with van der Waals surface area (Å²) in [5.74, 6) is 0.529. The molecule has 4 rings (SSSR count). The maximum Gasteiger partial charge on any atom is 0.338 e. The standard InChI is InChI=1S/C26H28N4O5S/c1-5-20-23(25(32)35-4)24(19-10-9-18(33-2)13-21(19)34-3)30-17(15-36-26(30)29-20)12-22(31)28-14-16-8-6-7-11-27-16/h6-11,13,15,24H,5,12,14H2,1-4H3,(H,28,31)/t24-/m1/s1. The lowest BCUT2D eigenvalue weighted by Gasteiger charge is -2.37. The number of esters is 1. The van der Waals surface area contributed by atoms with E-state index >= 15 is 0 Å². The zero-order valence-corrected chi connectivity index (χ0v) is 21.4. The number of carbonyl (C=O) groups excluding carboxylic acids is 2. The quantitative estimate of drug-likeness (QED) is 0.508. The zero-order valence-electron chi connectivity index (χ0n) is 20.6. The molecule has 0 spiro atoms. The number of ether oxygens (including phenoxy) is 3. The van der Waals surface area contributed by atoms with Crippen LogP contribution in [-0.4, -0.2) is 48.3 Å². The summed E-state index contributed by atoms with van der Waals surface area (Å²) >= 11 is 1.42. The Balaban J connectivity index is 1.70. The minimum Gasteiger partial charge on any atom is -0.497 e. The Bertz CT molecular complexity index is 1240. The number of thioether (sulfide) groups is 1. The molecule has 36 heavy (non-hydrogen) atoms. The van der Waals surface area contributed by atoms with E-state index in [1.165, 1.54) is 18.9 Å². The monoisotopic (exact) mass is 508 g/mol. The van der Waals surface area contributed by atoms with Crippen LogP contribution in [0.2, 0.25) is 0 Å². The van der Waals surface area contributed by atoms with E-state index in [4.69, 9.17) is 19.2 Å². The summed E-state index contributed by atoms with van der Waals surface area (Å²) in [5, 5.41) is 5.50. The van der Waals surface area contributed by atoms with Crippen molar-refractivity contribution in [1.29, 1.82) is 0 Å². The number of hydrogen-bond acceptors (Lipinski definition) is 9. The van der Waals surface area contributed by atoms with Gasteiger partial charge in [-0.05, 0) is 36.1 Å². The summed E-state index contributed by atoms with van der Waals surface area (Å²) in [6, 6.07) is 10.4. The largest absolute Gasteiger partial charge is 0.497 e. The Kier molecular flexibility index (Phi) is 7.94. The lowest BCUT2D eigenvalue weighted by atomic mass is 9.92. The molecule has 3 heterocycles. The predicted octanol–water partition coefficient (Wildman–Crippen LogP) is 3.94. The van der Waals surface area contributed by atoms with Gasteiger partial charge in [-0.2, -0.15) is 0 Å². The highest BCUT2D eigenvalue weighted by atomic mass is 32.2. The number of aliphatic imine (C=N–C) groups is 1. The van der Waals surface area contributed by atoms with Crippen molar-refractivity contribution in [2.45, 2.75) is 32.4 Å². The highest BCUT2D eigenvalue weighted by Gasteiger charge is 2.42. The average Bonchev–Trinajstić information content (AvgIpc) is 3.32. The molecule has 2 aliphatic rings. The number of pyridine rings is 1. The summed E-state index contributed by atoms with van der Waals surface area (Å²) in [6.45, 7) is 2.27. The molecule has 2 aliphatic heterocycles. The second-order valence-electron chi connectivity index (χ2n) is 7.98. The molecule has 1 atom stereocenters. The van der Waals surface area contributed by atoms with Crippen molar-refractivity contribution in [2.75, 3.05) is 21.3 Å². The molecule has 0 saturated carbocycles. The van der Waals surface area contributed by atoms with E-state index in [1.54, 1.807) is 26.5 Å². The molecule has 0 radical (unpaired) electrons. The van der Waals surface area contributed by atoms with Crippen molar-refractivity contribution >= 4 is 28.8 Å². The van der Waals surface area contributed by atoms with E-state index < -0.39 is 12.0 Å². The first kappa shape index (κ1) is 25.3. The molecule has 2 aromatic rings. The number of carbonyl (C=O) groups is 2. The number of nitrogens with zero attached hydrogens (tertiary/aromatic N) is 3. The van der Waals surface area contributed by atoms with Crippen molar-refractivity contribution in [3.8, 4) is 11.5 Å². The van der Waals surface area contributed by atoms with Gasteiger partial charge < -0.3 is 24.4 Å². The zero-order chi connectivity index (χ0) is 25.7. The van der Waals surface area contributed by atoms with Gasteiger partial charge >= 0.3 is 5.97 Å². The molecule has 0 fully saturated rings. The molecule has 188 valence electrons. The van der Waals surface area contributed by atoms with Crippen molar-refractivity contribution in [3.63, 3.8) is 0 Å². The lowest BCUT2D eigenvalue weighted by Crippen LogP contribution is -2.38.